The van der Waals surface area contributed by atoms with Crippen molar-refractivity contribution in [3.63, 3.8) is 0 Å². The van der Waals surface area contributed by atoms with Gasteiger partial charge in [-0.15, -0.1) is 0 Å². The molecule has 1 N–H and O–H groups in total. The number of hydrogen-bond acceptors (Lipinski definition) is 2. The van der Waals surface area contributed by atoms with E-state index in [1.165, 1.54) is 0 Å². The predicted molar refractivity (Wildman–Crippen MR) is 73.9 cm³/mol. The van der Waals surface area contributed by atoms with Gasteiger partial charge in [0, 0.05) is 6.04 Å². The van der Waals surface area contributed by atoms with Crippen molar-refractivity contribution in [1.29, 1.82) is 0 Å². The monoisotopic (exact) mass is 289 g/mol. The highest BCUT2D eigenvalue weighted by molar-refractivity contribution is 5.29. The van der Waals surface area contributed by atoms with Gasteiger partial charge in [0.25, 0.3) is 0 Å². The average molecular weight is 289 g/mol. The first kappa shape index (κ1) is 16.8. The molecule has 0 radical (unpaired) electrons. The number of ether oxygens (including phenoxy) is 1. The summed E-state index contributed by atoms with van der Waals surface area (Å²) in [4.78, 5) is 0. The summed E-state index contributed by atoms with van der Waals surface area (Å²) in [5, 5.41) is 3.43. The van der Waals surface area contributed by atoms with Crippen LogP contribution in [0.5, 0.6) is 5.75 Å². The molecule has 2 nitrogen and oxygen atoms in total. The normalized spacial score (nSPS) is 13.2. The molecule has 1 aromatic carbocycles. The van der Waals surface area contributed by atoms with Gasteiger partial charge in [-0.3, -0.25) is 0 Å². The number of nitrogens with one attached hydrogen (secondary N) is 1. The molecule has 114 valence electrons. The van der Waals surface area contributed by atoms with Crippen LogP contribution in [0, 0.1) is 0 Å². The maximum atomic E-state index is 12.0. The van der Waals surface area contributed by atoms with Crippen LogP contribution in [0.2, 0.25) is 0 Å². The second kappa shape index (κ2) is 8.15. The standard InChI is InChI=1S/C15H22F3NO/c1-3-10-19-14(4-2)12-5-7-13(8-6-12)20-11-9-15(16,17)18/h5-8,14,19H,3-4,9-11H2,1-2H3. The average Bonchev–Trinajstić information content (AvgIpc) is 2.40. The van der Waals surface area contributed by atoms with E-state index >= 15 is 0 Å². The molecule has 20 heavy (non-hydrogen) atoms. The molecule has 0 amide bonds. The van der Waals surface area contributed by atoms with Gasteiger partial charge in [0.2, 0.25) is 0 Å². The molecular weight excluding hydrogens is 267 g/mol. The zero-order valence-electron chi connectivity index (χ0n) is 12.0. The Bertz CT molecular complexity index is 376. The molecule has 0 aliphatic heterocycles. The first-order valence-electron chi connectivity index (χ1n) is 6.99. The lowest BCUT2D eigenvalue weighted by atomic mass is 10.0. The van der Waals surface area contributed by atoms with Crippen molar-refractivity contribution < 1.29 is 17.9 Å². The third kappa shape index (κ3) is 6.28. The summed E-state index contributed by atoms with van der Waals surface area (Å²) < 4.78 is 41.1. The molecule has 0 aromatic heterocycles. The Labute approximate surface area is 118 Å². The fourth-order valence-electron chi connectivity index (χ4n) is 1.90. The SMILES string of the molecule is CCCNC(CC)c1ccc(OCCC(F)(F)F)cc1. The number of alkyl halides is 3. The van der Waals surface area contributed by atoms with E-state index in [2.05, 4.69) is 19.2 Å². The molecule has 0 bridgehead atoms. The highest BCUT2D eigenvalue weighted by Gasteiger charge is 2.26. The summed E-state index contributed by atoms with van der Waals surface area (Å²) >= 11 is 0. The Kier molecular flexibility index (Phi) is 6.85. The topological polar surface area (TPSA) is 21.3 Å². The fourth-order valence-corrected chi connectivity index (χ4v) is 1.90. The summed E-state index contributed by atoms with van der Waals surface area (Å²) in [5.41, 5.74) is 1.13. The zero-order valence-corrected chi connectivity index (χ0v) is 12.0. The van der Waals surface area contributed by atoms with Gasteiger partial charge in [-0.1, -0.05) is 26.0 Å². The Balaban J connectivity index is 2.50. The molecule has 0 heterocycles. The van der Waals surface area contributed by atoms with Gasteiger partial charge in [0.05, 0.1) is 13.0 Å². The smallest absolute Gasteiger partial charge is 0.392 e. The minimum Gasteiger partial charge on any atom is -0.493 e. The second-order valence-electron chi connectivity index (χ2n) is 4.70. The molecule has 0 aliphatic carbocycles. The van der Waals surface area contributed by atoms with Crippen LogP contribution in [0.25, 0.3) is 0 Å². The summed E-state index contributed by atoms with van der Waals surface area (Å²) in [6.45, 7) is 4.81. The highest BCUT2D eigenvalue weighted by atomic mass is 19.4. The number of halogens is 3. The molecule has 0 spiro atoms. The van der Waals surface area contributed by atoms with Crippen LogP contribution < -0.4 is 10.1 Å². The van der Waals surface area contributed by atoms with E-state index < -0.39 is 12.6 Å². The summed E-state index contributed by atoms with van der Waals surface area (Å²) in [7, 11) is 0. The van der Waals surface area contributed by atoms with Gasteiger partial charge in [-0.05, 0) is 37.1 Å². The summed E-state index contributed by atoms with van der Waals surface area (Å²) in [6.07, 6.45) is -3.06. The molecule has 1 unspecified atom stereocenters. The predicted octanol–water partition coefficient (Wildman–Crippen LogP) is 4.47. The highest BCUT2D eigenvalue weighted by Crippen LogP contribution is 2.22. The third-order valence-electron chi connectivity index (χ3n) is 2.99. The van der Waals surface area contributed by atoms with Crippen molar-refractivity contribution in [2.24, 2.45) is 0 Å². The molecule has 0 saturated carbocycles. The van der Waals surface area contributed by atoms with Crippen LogP contribution in [0.4, 0.5) is 13.2 Å². The first-order chi connectivity index (χ1) is 9.46. The molecule has 1 atom stereocenters. The lowest BCUT2D eigenvalue weighted by molar-refractivity contribution is -0.139. The van der Waals surface area contributed by atoms with Gasteiger partial charge < -0.3 is 10.1 Å². The summed E-state index contributed by atoms with van der Waals surface area (Å²) in [6, 6.07) is 7.53. The van der Waals surface area contributed by atoms with Crippen LogP contribution in [0.3, 0.4) is 0 Å². The van der Waals surface area contributed by atoms with E-state index in [4.69, 9.17) is 4.74 Å². The van der Waals surface area contributed by atoms with E-state index in [0.29, 0.717) is 5.75 Å². The van der Waals surface area contributed by atoms with Crippen molar-refractivity contribution in [2.45, 2.75) is 45.3 Å². The van der Waals surface area contributed by atoms with Gasteiger partial charge in [-0.25, -0.2) is 0 Å². The molecule has 5 heteroatoms. The lowest BCUT2D eigenvalue weighted by Crippen LogP contribution is -2.21. The van der Waals surface area contributed by atoms with Crippen LogP contribution in [-0.4, -0.2) is 19.3 Å². The van der Waals surface area contributed by atoms with Crippen molar-refractivity contribution in [2.75, 3.05) is 13.2 Å². The van der Waals surface area contributed by atoms with E-state index in [1.54, 1.807) is 12.1 Å². The van der Waals surface area contributed by atoms with Crippen LogP contribution in [0.15, 0.2) is 24.3 Å². The number of rotatable bonds is 8. The van der Waals surface area contributed by atoms with Crippen LogP contribution >= 0.6 is 0 Å². The van der Waals surface area contributed by atoms with Gasteiger partial charge in [-0.2, -0.15) is 13.2 Å². The third-order valence-corrected chi connectivity index (χ3v) is 2.99. The van der Waals surface area contributed by atoms with Crippen LogP contribution in [0.1, 0.15) is 44.7 Å². The van der Waals surface area contributed by atoms with Crippen molar-refractivity contribution in [1.82, 2.24) is 5.32 Å². The van der Waals surface area contributed by atoms with Crippen molar-refractivity contribution >= 4 is 0 Å². The van der Waals surface area contributed by atoms with E-state index in [1.807, 2.05) is 12.1 Å². The Morgan fingerprint density at radius 1 is 1.15 bits per heavy atom. The first-order valence-corrected chi connectivity index (χ1v) is 6.99. The second-order valence-corrected chi connectivity index (χ2v) is 4.70. The minimum absolute atomic E-state index is 0.277. The van der Waals surface area contributed by atoms with Gasteiger partial charge in [0.15, 0.2) is 0 Å². The quantitative estimate of drug-likeness (QED) is 0.762. The van der Waals surface area contributed by atoms with E-state index in [9.17, 15) is 13.2 Å². The van der Waals surface area contributed by atoms with Gasteiger partial charge >= 0.3 is 6.18 Å². The Morgan fingerprint density at radius 3 is 2.30 bits per heavy atom. The lowest BCUT2D eigenvalue weighted by Gasteiger charge is -2.17. The Hall–Kier alpha value is -1.23. The maximum Gasteiger partial charge on any atom is 0.392 e. The van der Waals surface area contributed by atoms with Crippen molar-refractivity contribution in [3.05, 3.63) is 29.8 Å². The van der Waals surface area contributed by atoms with E-state index in [0.717, 1.165) is 24.9 Å². The molecule has 0 aliphatic rings. The van der Waals surface area contributed by atoms with Gasteiger partial charge in [0.1, 0.15) is 5.75 Å². The molecule has 1 rings (SSSR count). The largest absolute Gasteiger partial charge is 0.493 e. The van der Waals surface area contributed by atoms with Crippen LogP contribution in [-0.2, 0) is 0 Å². The molecule has 0 saturated heterocycles. The molecule has 0 fully saturated rings. The minimum atomic E-state index is -4.17. The zero-order chi connectivity index (χ0) is 15.0. The fraction of sp³-hybridized carbons (Fsp3) is 0.600. The summed E-state index contributed by atoms with van der Waals surface area (Å²) in [5.74, 6) is 0.475. The van der Waals surface area contributed by atoms with E-state index in [-0.39, 0.29) is 12.6 Å². The molecule has 1 aromatic rings. The number of benzene rings is 1. The number of hydrogen-bond donors (Lipinski definition) is 1. The Morgan fingerprint density at radius 2 is 1.80 bits per heavy atom. The maximum absolute atomic E-state index is 12.0. The van der Waals surface area contributed by atoms with Crippen molar-refractivity contribution in [3.8, 4) is 5.75 Å². The molecular formula is C15H22F3NO.